The Labute approximate surface area is 175 Å². The van der Waals surface area contributed by atoms with Crippen molar-refractivity contribution in [1.29, 1.82) is 0 Å². The number of hydrogen-bond acceptors (Lipinski definition) is 4. The number of benzene rings is 2. The SMILES string of the molecule is CCCc1ccc(C(=O)/C=C/c2ccc(CSc3ccccc3)c(OC)c2)s1. The van der Waals surface area contributed by atoms with Gasteiger partial charge < -0.3 is 4.74 Å². The molecule has 0 aliphatic heterocycles. The Bertz CT molecular complexity index is 942. The Hall–Kier alpha value is -2.30. The molecule has 0 spiro atoms. The summed E-state index contributed by atoms with van der Waals surface area (Å²) in [5.41, 5.74) is 2.10. The molecule has 0 saturated carbocycles. The van der Waals surface area contributed by atoms with Crippen molar-refractivity contribution in [2.45, 2.75) is 30.4 Å². The van der Waals surface area contributed by atoms with E-state index in [0.717, 1.165) is 40.3 Å². The lowest BCUT2D eigenvalue weighted by Gasteiger charge is -2.09. The van der Waals surface area contributed by atoms with Crippen molar-refractivity contribution in [3.05, 3.63) is 87.6 Å². The number of carbonyl (C=O) groups excluding carboxylic acids is 1. The van der Waals surface area contributed by atoms with Crippen molar-refractivity contribution in [2.24, 2.45) is 0 Å². The van der Waals surface area contributed by atoms with Crippen LogP contribution in [0.1, 0.15) is 39.0 Å². The normalized spacial score (nSPS) is 11.1. The molecule has 0 fully saturated rings. The summed E-state index contributed by atoms with van der Waals surface area (Å²) in [5, 5.41) is 0. The molecule has 2 nitrogen and oxygen atoms in total. The quantitative estimate of drug-likeness (QED) is 0.219. The summed E-state index contributed by atoms with van der Waals surface area (Å²) in [5.74, 6) is 1.74. The van der Waals surface area contributed by atoms with Gasteiger partial charge in [-0.25, -0.2) is 0 Å². The lowest BCUT2D eigenvalue weighted by atomic mass is 10.1. The molecule has 0 aliphatic carbocycles. The van der Waals surface area contributed by atoms with E-state index in [9.17, 15) is 4.79 Å². The third kappa shape index (κ3) is 5.60. The fourth-order valence-corrected chi connectivity index (χ4v) is 4.75. The smallest absolute Gasteiger partial charge is 0.195 e. The van der Waals surface area contributed by atoms with Crippen LogP contribution >= 0.6 is 23.1 Å². The summed E-state index contributed by atoms with van der Waals surface area (Å²) in [4.78, 5) is 15.7. The van der Waals surface area contributed by atoms with E-state index in [4.69, 9.17) is 4.74 Å². The number of allylic oxidation sites excluding steroid dienone is 1. The molecule has 0 N–H and O–H groups in total. The van der Waals surface area contributed by atoms with E-state index in [1.165, 1.54) is 9.77 Å². The molecule has 3 rings (SSSR count). The summed E-state index contributed by atoms with van der Waals surface area (Å²) in [6.07, 6.45) is 5.63. The fourth-order valence-electron chi connectivity index (χ4n) is 2.81. The van der Waals surface area contributed by atoms with Crippen LogP contribution in [0, 0.1) is 0 Å². The van der Waals surface area contributed by atoms with Gasteiger partial charge in [0, 0.05) is 21.1 Å². The number of rotatable bonds is 9. The minimum Gasteiger partial charge on any atom is -0.496 e. The standard InChI is InChI=1S/C24H24O2S2/c1-3-7-21-13-15-24(28-21)22(25)14-11-18-10-12-19(23(16-18)26-2)17-27-20-8-5-4-6-9-20/h4-6,8-16H,3,7,17H2,1-2H3/b14-11+. The number of thiophene rings is 1. The highest BCUT2D eigenvalue weighted by molar-refractivity contribution is 7.98. The van der Waals surface area contributed by atoms with Crippen LogP contribution < -0.4 is 4.74 Å². The first kappa shape index (κ1) is 20.4. The maximum atomic E-state index is 12.4. The Kier molecular flexibility index (Phi) is 7.52. The molecular formula is C24H24O2S2. The Morgan fingerprint density at radius 3 is 2.68 bits per heavy atom. The van der Waals surface area contributed by atoms with Gasteiger partial charge in [-0.1, -0.05) is 49.8 Å². The van der Waals surface area contributed by atoms with Crippen LogP contribution in [0.2, 0.25) is 0 Å². The third-order valence-corrected chi connectivity index (χ3v) is 6.50. The molecule has 0 aliphatic rings. The van der Waals surface area contributed by atoms with Gasteiger partial charge in [-0.3, -0.25) is 4.79 Å². The minimum atomic E-state index is 0.0510. The molecular weight excluding hydrogens is 384 g/mol. The average Bonchev–Trinajstić information content (AvgIpc) is 3.20. The molecule has 4 heteroatoms. The van der Waals surface area contributed by atoms with Gasteiger partial charge >= 0.3 is 0 Å². The van der Waals surface area contributed by atoms with Crippen LogP contribution in [0.15, 0.2) is 71.6 Å². The maximum Gasteiger partial charge on any atom is 0.195 e. The molecule has 0 saturated heterocycles. The van der Waals surface area contributed by atoms with Crippen LogP contribution in [-0.4, -0.2) is 12.9 Å². The summed E-state index contributed by atoms with van der Waals surface area (Å²) >= 11 is 3.37. The van der Waals surface area contributed by atoms with Gasteiger partial charge in [0.2, 0.25) is 0 Å². The first-order valence-corrected chi connectivity index (χ1v) is 11.2. The van der Waals surface area contributed by atoms with Crippen LogP contribution in [-0.2, 0) is 12.2 Å². The maximum absolute atomic E-state index is 12.4. The monoisotopic (exact) mass is 408 g/mol. The van der Waals surface area contributed by atoms with Gasteiger partial charge in [0.1, 0.15) is 5.75 Å². The molecule has 0 radical (unpaired) electrons. The molecule has 144 valence electrons. The van der Waals surface area contributed by atoms with Gasteiger partial charge in [-0.2, -0.15) is 0 Å². The number of ether oxygens (including phenoxy) is 1. The number of aryl methyl sites for hydroxylation is 1. The van der Waals surface area contributed by atoms with E-state index in [0.29, 0.717) is 0 Å². The zero-order chi connectivity index (χ0) is 19.8. The number of thioether (sulfide) groups is 1. The summed E-state index contributed by atoms with van der Waals surface area (Å²) in [6.45, 7) is 2.15. The first-order valence-electron chi connectivity index (χ1n) is 9.35. The van der Waals surface area contributed by atoms with E-state index in [1.807, 2.05) is 42.5 Å². The van der Waals surface area contributed by atoms with Gasteiger partial charge in [-0.05, 0) is 48.4 Å². The van der Waals surface area contributed by atoms with Crippen LogP contribution in [0.3, 0.4) is 0 Å². The second-order valence-electron chi connectivity index (χ2n) is 6.39. The van der Waals surface area contributed by atoms with Gasteiger partial charge in [0.15, 0.2) is 5.78 Å². The minimum absolute atomic E-state index is 0.0510. The van der Waals surface area contributed by atoms with Crippen molar-refractivity contribution in [2.75, 3.05) is 7.11 Å². The molecule has 1 aromatic heterocycles. The number of carbonyl (C=O) groups is 1. The van der Waals surface area contributed by atoms with Crippen LogP contribution in [0.4, 0.5) is 0 Å². The average molecular weight is 409 g/mol. The van der Waals surface area contributed by atoms with Crippen molar-refractivity contribution in [3.63, 3.8) is 0 Å². The lowest BCUT2D eigenvalue weighted by Crippen LogP contribution is -1.92. The molecule has 1 heterocycles. The van der Waals surface area contributed by atoms with Crippen molar-refractivity contribution >= 4 is 35.0 Å². The molecule has 0 amide bonds. The third-order valence-electron chi connectivity index (χ3n) is 4.28. The predicted octanol–water partition coefficient (Wildman–Crippen LogP) is 6.90. The van der Waals surface area contributed by atoms with Gasteiger partial charge in [-0.15, -0.1) is 23.1 Å². The zero-order valence-electron chi connectivity index (χ0n) is 16.2. The van der Waals surface area contributed by atoms with Crippen molar-refractivity contribution in [1.82, 2.24) is 0 Å². The Morgan fingerprint density at radius 1 is 1.11 bits per heavy atom. The molecule has 0 unspecified atom stereocenters. The van der Waals surface area contributed by atoms with Crippen LogP contribution in [0.5, 0.6) is 5.75 Å². The highest BCUT2D eigenvalue weighted by Gasteiger charge is 2.07. The largest absolute Gasteiger partial charge is 0.496 e. The molecule has 2 aromatic carbocycles. The Morgan fingerprint density at radius 2 is 1.93 bits per heavy atom. The fraction of sp³-hybridized carbons (Fsp3) is 0.208. The van der Waals surface area contributed by atoms with Gasteiger partial charge in [0.25, 0.3) is 0 Å². The molecule has 0 atom stereocenters. The van der Waals surface area contributed by atoms with E-state index < -0.39 is 0 Å². The molecule has 0 bridgehead atoms. The number of hydrogen-bond donors (Lipinski definition) is 0. The summed E-state index contributed by atoms with van der Waals surface area (Å²) in [7, 11) is 1.69. The summed E-state index contributed by atoms with van der Waals surface area (Å²) < 4.78 is 5.57. The second kappa shape index (κ2) is 10.3. The van der Waals surface area contributed by atoms with E-state index >= 15 is 0 Å². The summed E-state index contributed by atoms with van der Waals surface area (Å²) in [6, 6.07) is 20.4. The number of ketones is 1. The van der Waals surface area contributed by atoms with E-state index in [-0.39, 0.29) is 5.78 Å². The van der Waals surface area contributed by atoms with Crippen molar-refractivity contribution in [3.8, 4) is 5.75 Å². The lowest BCUT2D eigenvalue weighted by molar-refractivity contribution is 0.105. The van der Waals surface area contributed by atoms with E-state index in [2.05, 4.69) is 31.2 Å². The van der Waals surface area contributed by atoms with E-state index in [1.54, 1.807) is 36.3 Å². The zero-order valence-corrected chi connectivity index (χ0v) is 17.8. The molecule has 28 heavy (non-hydrogen) atoms. The molecule has 3 aromatic rings. The predicted molar refractivity (Wildman–Crippen MR) is 121 cm³/mol. The van der Waals surface area contributed by atoms with Crippen molar-refractivity contribution < 1.29 is 9.53 Å². The van der Waals surface area contributed by atoms with Gasteiger partial charge in [0.05, 0.1) is 12.0 Å². The highest BCUT2D eigenvalue weighted by atomic mass is 32.2. The van der Waals surface area contributed by atoms with Crippen LogP contribution in [0.25, 0.3) is 6.08 Å². The highest BCUT2D eigenvalue weighted by Crippen LogP contribution is 2.29. The Balaban J connectivity index is 1.66. The second-order valence-corrected chi connectivity index (χ2v) is 8.60. The first-order chi connectivity index (χ1) is 13.7. The number of methoxy groups -OCH3 is 1. The topological polar surface area (TPSA) is 26.3 Å².